The molecule has 0 fully saturated rings. The summed E-state index contributed by atoms with van der Waals surface area (Å²) in [5.41, 5.74) is 5.47. The van der Waals surface area contributed by atoms with Gasteiger partial charge >= 0.3 is 0 Å². The Kier molecular flexibility index (Phi) is 6.39. The zero-order valence-corrected chi connectivity index (χ0v) is 13.2. The molecule has 0 aliphatic heterocycles. The molecule has 0 atom stereocenters. The van der Waals surface area contributed by atoms with E-state index in [9.17, 15) is 12.8 Å². The van der Waals surface area contributed by atoms with Crippen molar-refractivity contribution in [3.8, 4) is 0 Å². The molecule has 0 aliphatic carbocycles. The second-order valence-corrected chi connectivity index (χ2v) is 6.79. The summed E-state index contributed by atoms with van der Waals surface area (Å²) in [6.07, 6.45) is 1.70. The summed E-state index contributed by atoms with van der Waals surface area (Å²) >= 11 is 5.81. The van der Waals surface area contributed by atoms with Crippen LogP contribution in [0.25, 0.3) is 0 Å². The highest BCUT2D eigenvalue weighted by Gasteiger charge is 2.22. The lowest BCUT2D eigenvalue weighted by Crippen LogP contribution is -2.30. The van der Waals surface area contributed by atoms with Crippen LogP contribution >= 0.6 is 11.6 Å². The minimum Gasteiger partial charge on any atom is -0.326 e. The van der Waals surface area contributed by atoms with E-state index in [0.717, 1.165) is 18.9 Å². The molecule has 0 aliphatic rings. The third-order valence-corrected chi connectivity index (χ3v) is 4.95. The van der Waals surface area contributed by atoms with Crippen LogP contribution < -0.4 is 10.5 Å². The van der Waals surface area contributed by atoms with Crippen molar-refractivity contribution in [2.75, 3.05) is 6.54 Å². The van der Waals surface area contributed by atoms with Gasteiger partial charge in [0.2, 0.25) is 10.0 Å². The van der Waals surface area contributed by atoms with Crippen molar-refractivity contribution in [3.63, 3.8) is 0 Å². The van der Waals surface area contributed by atoms with E-state index in [2.05, 4.69) is 4.72 Å². The number of hydrogen-bond donors (Lipinski definition) is 2. The van der Waals surface area contributed by atoms with Crippen molar-refractivity contribution in [3.05, 3.63) is 28.5 Å². The maximum atomic E-state index is 14.1. The molecule has 0 heterocycles. The summed E-state index contributed by atoms with van der Waals surface area (Å²) in [4.78, 5) is -0.448. The third-order valence-electron chi connectivity index (χ3n) is 3.31. The fraction of sp³-hybridized carbons (Fsp3) is 0.538. The van der Waals surface area contributed by atoms with Crippen LogP contribution in [0.15, 0.2) is 17.0 Å². The van der Waals surface area contributed by atoms with Gasteiger partial charge in [-0.25, -0.2) is 17.5 Å². The molecule has 0 spiro atoms. The van der Waals surface area contributed by atoms with Gasteiger partial charge in [0, 0.05) is 23.7 Å². The van der Waals surface area contributed by atoms with Gasteiger partial charge in [0.05, 0.1) is 0 Å². The lowest BCUT2D eigenvalue weighted by atomic mass is 10.0. The molecule has 0 aromatic heterocycles. The van der Waals surface area contributed by atoms with Gasteiger partial charge in [0.1, 0.15) is 10.7 Å². The Morgan fingerprint density at radius 3 is 2.45 bits per heavy atom. The van der Waals surface area contributed by atoms with Gasteiger partial charge in [-0.1, -0.05) is 38.3 Å². The van der Waals surface area contributed by atoms with E-state index in [4.69, 9.17) is 17.3 Å². The molecular formula is C13H20ClFN2O2S. The Balaban J connectivity index is 3.06. The summed E-state index contributed by atoms with van der Waals surface area (Å²) in [5, 5.41) is 0.148. The van der Waals surface area contributed by atoms with Crippen molar-refractivity contribution in [1.29, 1.82) is 0 Å². The molecule has 1 aromatic carbocycles. The van der Waals surface area contributed by atoms with Gasteiger partial charge in [0.25, 0.3) is 0 Å². The highest BCUT2D eigenvalue weighted by Crippen LogP contribution is 2.23. The predicted molar refractivity (Wildman–Crippen MR) is 78.6 cm³/mol. The first-order valence-corrected chi connectivity index (χ1v) is 8.39. The first-order valence-electron chi connectivity index (χ1n) is 6.53. The molecule has 0 saturated carbocycles. The van der Waals surface area contributed by atoms with E-state index >= 15 is 0 Å². The van der Waals surface area contributed by atoms with E-state index in [0.29, 0.717) is 0 Å². The Labute approximate surface area is 124 Å². The van der Waals surface area contributed by atoms with E-state index in [1.165, 1.54) is 6.07 Å². The summed E-state index contributed by atoms with van der Waals surface area (Å²) in [6, 6.07) is 2.43. The van der Waals surface area contributed by atoms with Crippen LogP contribution in [0.4, 0.5) is 4.39 Å². The molecule has 0 saturated heterocycles. The molecule has 20 heavy (non-hydrogen) atoms. The van der Waals surface area contributed by atoms with Crippen LogP contribution in [0.3, 0.4) is 0 Å². The Hall–Kier alpha value is -0.690. The van der Waals surface area contributed by atoms with Crippen LogP contribution in [-0.4, -0.2) is 15.0 Å². The monoisotopic (exact) mass is 322 g/mol. The van der Waals surface area contributed by atoms with Gasteiger partial charge in [-0.15, -0.1) is 0 Å². The first kappa shape index (κ1) is 17.4. The van der Waals surface area contributed by atoms with Crippen LogP contribution in [0, 0.1) is 11.7 Å². The average molecular weight is 323 g/mol. The van der Waals surface area contributed by atoms with Gasteiger partial charge < -0.3 is 5.73 Å². The van der Waals surface area contributed by atoms with Gasteiger partial charge in [0.15, 0.2) is 0 Å². The maximum absolute atomic E-state index is 14.1. The second kappa shape index (κ2) is 7.36. The lowest BCUT2D eigenvalue weighted by molar-refractivity contribution is 0.476. The fourth-order valence-electron chi connectivity index (χ4n) is 1.85. The number of hydrogen-bond acceptors (Lipinski definition) is 3. The van der Waals surface area contributed by atoms with Crippen molar-refractivity contribution in [1.82, 2.24) is 4.72 Å². The molecule has 0 amide bonds. The fourth-order valence-corrected chi connectivity index (χ4v) is 3.41. The van der Waals surface area contributed by atoms with E-state index in [1.54, 1.807) is 0 Å². The van der Waals surface area contributed by atoms with Crippen molar-refractivity contribution >= 4 is 21.6 Å². The number of benzene rings is 1. The normalized spacial score (nSPS) is 12.1. The molecule has 114 valence electrons. The smallest absolute Gasteiger partial charge is 0.243 e. The highest BCUT2D eigenvalue weighted by atomic mass is 35.5. The minimum atomic E-state index is -3.93. The van der Waals surface area contributed by atoms with Crippen LogP contribution in [-0.2, 0) is 16.6 Å². The van der Waals surface area contributed by atoms with Gasteiger partial charge in [-0.2, -0.15) is 0 Å². The molecule has 0 bridgehead atoms. The van der Waals surface area contributed by atoms with Gasteiger partial charge in [-0.05, 0) is 18.1 Å². The zero-order valence-electron chi connectivity index (χ0n) is 11.6. The molecule has 0 unspecified atom stereocenters. The lowest BCUT2D eigenvalue weighted by Gasteiger charge is -2.15. The molecule has 4 nitrogen and oxygen atoms in total. The average Bonchev–Trinajstić information content (AvgIpc) is 2.41. The number of nitrogens with two attached hydrogens (primary N) is 1. The third kappa shape index (κ3) is 4.15. The van der Waals surface area contributed by atoms with Gasteiger partial charge in [-0.3, -0.25) is 0 Å². The highest BCUT2D eigenvalue weighted by molar-refractivity contribution is 7.89. The van der Waals surface area contributed by atoms with Crippen LogP contribution in [0.1, 0.15) is 32.3 Å². The minimum absolute atomic E-state index is 0.0837. The predicted octanol–water partition coefficient (Wildman–Crippen LogP) is 2.65. The summed E-state index contributed by atoms with van der Waals surface area (Å²) in [7, 11) is -3.93. The summed E-state index contributed by atoms with van der Waals surface area (Å²) in [5.74, 6) is -0.616. The number of sulfonamides is 1. The van der Waals surface area contributed by atoms with Crippen LogP contribution in [0.2, 0.25) is 5.02 Å². The van der Waals surface area contributed by atoms with Crippen molar-refractivity contribution in [2.45, 2.75) is 38.1 Å². The largest absolute Gasteiger partial charge is 0.326 e. The number of rotatable bonds is 7. The first-order chi connectivity index (χ1) is 9.35. The maximum Gasteiger partial charge on any atom is 0.243 e. The van der Waals surface area contributed by atoms with Crippen molar-refractivity contribution in [2.24, 2.45) is 11.7 Å². The summed E-state index contributed by atoms with van der Waals surface area (Å²) < 4.78 is 40.8. The molecular weight excluding hydrogens is 303 g/mol. The van der Waals surface area contributed by atoms with Crippen molar-refractivity contribution < 1.29 is 12.8 Å². The molecule has 1 aromatic rings. The number of halogens is 2. The topological polar surface area (TPSA) is 72.2 Å². The molecule has 3 N–H and O–H groups in total. The molecule has 1 rings (SSSR count). The quantitative estimate of drug-likeness (QED) is 0.810. The SMILES string of the molecule is CCC(CC)CNS(=O)(=O)c1cc(Cl)cc(CN)c1F. The van der Waals surface area contributed by atoms with E-state index in [1.807, 2.05) is 13.8 Å². The second-order valence-electron chi connectivity index (χ2n) is 4.62. The molecule has 7 heteroatoms. The van der Waals surface area contributed by atoms with Crippen LogP contribution in [0.5, 0.6) is 0 Å². The Morgan fingerprint density at radius 1 is 1.35 bits per heavy atom. The Bertz CT molecular complexity index is 560. The number of nitrogens with one attached hydrogen (secondary N) is 1. The zero-order chi connectivity index (χ0) is 15.3. The Morgan fingerprint density at radius 2 is 1.95 bits per heavy atom. The standard InChI is InChI=1S/C13H20ClFN2O2S/c1-3-9(4-2)8-17-20(18,19)12-6-11(14)5-10(7-16)13(12)15/h5-6,9,17H,3-4,7-8,16H2,1-2H3. The molecule has 0 radical (unpaired) electrons. The summed E-state index contributed by atoms with van der Waals surface area (Å²) in [6.45, 7) is 4.13. The van der Waals surface area contributed by atoms with E-state index in [-0.39, 0.29) is 29.6 Å². The van der Waals surface area contributed by atoms with E-state index < -0.39 is 20.7 Å².